The van der Waals surface area contributed by atoms with Crippen LogP contribution in [0.3, 0.4) is 0 Å². The van der Waals surface area contributed by atoms with Crippen molar-refractivity contribution in [3.8, 4) is 0 Å². The van der Waals surface area contributed by atoms with Crippen LogP contribution in [-0.2, 0) is 6.54 Å². The molecule has 0 amide bonds. The van der Waals surface area contributed by atoms with Gasteiger partial charge in [0.15, 0.2) is 5.82 Å². The normalized spacial score (nSPS) is 13.5. The molecule has 0 spiro atoms. The highest BCUT2D eigenvalue weighted by atomic mass is 16.3. The second kappa shape index (κ2) is 5.07. The quantitative estimate of drug-likeness (QED) is 0.714. The lowest BCUT2D eigenvalue weighted by Gasteiger charge is -2.12. The maximum atomic E-state index is 9.70. The maximum Gasteiger partial charge on any atom is 0.161 e. The summed E-state index contributed by atoms with van der Waals surface area (Å²) in [6.07, 6.45) is 1.58. The molecular weight excluding hydrogens is 180 g/mol. The van der Waals surface area contributed by atoms with E-state index in [9.17, 15) is 5.11 Å². The molecule has 14 heavy (non-hydrogen) atoms. The zero-order valence-electron chi connectivity index (χ0n) is 8.72. The molecule has 0 aliphatic carbocycles. The average Bonchev–Trinajstić information content (AvgIpc) is 2.51. The largest absolute Gasteiger partial charge is 0.385 e. The molecule has 5 heteroatoms. The van der Waals surface area contributed by atoms with Crippen molar-refractivity contribution in [2.24, 2.45) is 11.7 Å². The molecule has 1 aromatic rings. The third kappa shape index (κ3) is 2.78. The third-order valence-corrected chi connectivity index (χ3v) is 1.95. The van der Waals surface area contributed by atoms with Crippen LogP contribution in [0.25, 0.3) is 0 Å². The molecule has 1 rings (SSSR count). The van der Waals surface area contributed by atoms with Gasteiger partial charge in [0, 0.05) is 6.54 Å². The minimum Gasteiger partial charge on any atom is -0.385 e. The number of rotatable bonds is 5. The molecule has 1 heterocycles. The fraction of sp³-hybridized carbons (Fsp3) is 0.778. The Labute approximate surface area is 83.9 Å². The van der Waals surface area contributed by atoms with E-state index in [0.717, 1.165) is 6.54 Å². The number of hydrogen-bond acceptors (Lipinski definition) is 4. The first kappa shape index (κ1) is 11.1. The van der Waals surface area contributed by atoms with E-state index in [0.29, 0.717) is 24.7 Å². The summed E-state index contributed by atoms with van der Waals surface area (Å²) < 4.78 is 1.88. The zero-order chi connectivity index (χ0) is 10.6. The lowest BCUT2D eigenvalue weighted by Crippen LogP contribution is -2.14. The van der Waals surface area contributed by atoms with E-state index in [-0.39, 0.29) is 0 Å². The van der Waals surface area contributed by atoms with Gasteiger partial charge in [-0.15, -0.1) is 10.2 Å². The number of aromatic nitrogens is 3. The van der Waals surface area contributed by atoms with Crippen LogP contribution in [0, 0.1) is 5.92 Å². The zero-order valence-corrected chi connectivity index (χ0v) is 8.72. The van der Waals surface area contributed by atoms with Gasteiger partial charge in [0.1, 0.15) is 12.4 Å². The molecule has 1 aromatic heterocycles. The Bertz CT molecular complexity index is 272. The molecule has 0 radical (unpaired) electrons. The van der Waals surface area contributed by atoms with E-state index in [4.69, 9.17) is 5.73 Å². The topological polar surface area (TPSA) is 77.0 Å². The Morgan fingerprint density at radius 2 is 2.29 bits per heavy atom. The molecule has 0 bridgehead atoms. The highest BCUT2D eigenvalue weighted by Crippen LogP contribution is 2.13. The molecule has 0 saturated heterocycles. The molecule has 0 saturated carbocycles. The summed E-state index contributed by atoms with van der Waals surface area (Å²) in [5, 5.41) is 17.4. The summed E-state index contributed by atoms with van der Waals surface area (Å²) in [6.45, 7) is 5.50. The predicted octanol–water partition coefficient (Wildman–Crippen LogP) is 0.316. The van der Waals surface area contributed by atoms with Crippen molar-refractivity contribution >= 4 is 0 Å². The van der Waals surface area contributed by atoms with Crippen molar-refractivity contribution in [1.82, 2.24) is 14.8 Å². The van der Waals surface area contributed by atoms with Crippen molar-refractivity contribution in [2.45, 2.75) is 32.9 Å². The van der Waals surface area contributed by atoms with Gasteiger partial charge >= 0.3 is 0 Å². The second-order valence-corrected chi connectivity index (χ2v) is 3.83. The van der Waals surface area contributed by atoms with Crippen LogP contribution >= 0.6 is 0 Å². The summed E-state index contributed by atoms with van der Waals surface area (Å²) in [7, 11) is 0. The second-order valence-electron chi connectivity index (χ2n) is 3.83. The molecule has 80 valence electrons. The first-order valence-electron chi connectivity index (χ1n) is 4.91. The Morgan fingerprint density at radius 1 is 1.57 bits per heavy atom. The van der Waals surface area contributed by atoms with Gasteiger partial charge in [-0.05, 0) is 18.9 Å². The average molecular weight is 198 g/mol. The Balaban J connectivity index is 2.70. The molecule has 5 nitrogen and oxygen atoms in total. The number of aliphatic hydroxyl groups is 1. The standard InChI is InChI=1S/C9H18N4O/c1-7(2)5-13-6-11-12-9(13)8(14)3-4-10/h6-8,14H,3-5,10H2,1-2H3/t8-/m0/s1. The van der Waals surface area contributed by atoms with Gasteiger partial charge in [-0.2, -0.15) is 0 Å². The van der Waals surface area contributed by atoms with Crippen LogP contribution in [0.4, 0.5) is 0 Å². The van der Waals surface area contributed by atoms with Crippen LogP contribution in [-0.4, -0.2) is 26.4 Å². The molecule has 0 aromatic carbocycles. The van der Waals surface area contributed by atoms with Crippen molar-refractivity contribution in [2.75, 3.05) is 6.54 Å². The van der Waals surface area contributed by atoms with Gasteiger partial charge in [-0.1, -0.05) is 13.8 Å². The van der Waals surface area contributed by atoms with Crippen LogP contribution in [0.2, 0.25) is 0 Å². The van der Waals surface area contributed by atoms with Crippen molar-refractivity contribution in [3.63, 3.8) is 0 Å². The van der Waals surface area contributed by atoms with E-state index in [1.54, 1.807) is 6.33 Å². The van der Waals surface area contributed by atoms with Crippen LogP contribution in [0.1, 0.15) is 32.2 Å². The van der Waals surface area contributed by atoms with E-state index in [1.165, 1.54) is 0 Å². The Kier molecular flexibility index (Phi) is 4.03. The van der Waals surface area contributed by atoms with Gasteiger partial charge in [0.05, 0.1) is 0 Å². The number of nitrogens with two attached hydrogens (primary N) is 1. The maximum absolute atomic E-state index is 9.70. The van der Waals surface area contributed by atoms with Gasteiger partial charge in [0.25, 0.3) is 0 Å². The molecule has 0 aliphatic rings. The van der Waals surface area contributed by atoms with Crippen molar-refractivity contribution in [3.05, 3.63) is 12.2 Å². The summed E-state index contributed by atoms with van der Waals surface area (Å²) in [5.41, 5.74) is 5.37. The fourth-order valence-corrected chi connectivity index (χ4v) is 1.34. The minimum absolute atomic E-state index is 0.454. The van der Waals surface area contributed by atoms with Gasteiger partial charge in [-0.3, -0.25) is 0 Å². The highest BCUT2D eigenvalue weighted by Gasteiger charge is 2.14. The molecule has 0 aliphatic heterocycles. The SMILES string of the molecule is CC(C)Cn1cnnc1[C@@H](O)CCN. The fourth-order valence-electron chi connectivity index (χ4n) is 1.34. The molecule has 0 unspecified atom stereocenters. The number of aliphatic hydroxyl groups excluding tert-OH is 1. The predicted molar refractivity (Wildman–Crippen MR) is 53.5 cm³/mol. The highest BCUT2D eigenvalue weighted by molar-refractivity contribution is 4.91. The smallest absolute Gasteiger partial charge is 0.161 e. The van der Waals surface area contributed by atoms with Crippen LogP contribution in [0.5, 0.6) is 0 Å². The van der Waals surface area contributed by atoms with Gasteiger partial charge < -0.3 is 15.4 Å². The molecular formula is C9H18N4O. The Hall–Kier alpha value is -0.940. The van der Waals surface area contributed by atoms with E-state index in [1.807, 2.05) is 4.57 Å². The Morgan fingerprint density at radius 3 is 2.86 bits per heavy atom. The third-order valence-electron chi connectivity index (χ3n) is 1.95. The molecule has 1 atom stereocenters. The first-order chi connectivity index (χ1) is 6.65. The van der Waals surface area contributed by atoms with Crippen molar-refractivity contribution in [1.29, 1.82) is 0 Å². The lowest BCUT2D eigenvalue weighted by molar-refractivity contribution is 0.154. The first-order valence-corrected chi connectivity index (χ1v) is 4.91. The molecule has 0 fully saturated rings. The van der Waals surface area contributed by atoms with Gasteiger partial charge in [0.2, 0.25) is 0 Å². The summed E-state index contributed by atoms with van der Waals surface area (Å²) in [4.78, 5) is 0. The van der Waals surface area contributed by atoms with Gasteiger partial charge in [-0.25, -0.2) is 0 Å². The van der Waals surface area contributed by atoms with E-state index < -0.39 is 6.10 Å². The van der Waals surface area contributed by atoms with Crippen LogP contribution in [0.15, 0.2) is 6.33 Å². The number of hydrogen-bond donors (Lipinski definition) is 2. The summed E-state index contributed by atoms with van der Waals surface area (Å²) in [6, 6.07) is 0. The monoisotopic (exact) mass is 198 g/mol. The number of nitrogens with zero attached hydrogens (tertiary/aromatic N) is 3. The molecule has 3 N–H and O–H groups in total. The van der Waals surface area contributed by atoms with Crippen LogP contribution < -0.4 is 5.73 Å². The minimum atomic E-state index is -0.596. The lowest BCUT2D eigenvalue weighted by atomic mass is 10.2. The van der Waals surface area contributed by atoms with E-state index >= 15 is 0 Å². The summed E-state index contributed by atoms with van der Waals surface area (Å²) >= 11 is 0. The summed E-state index contributed by atoms with van der Waals surface area (Å²) in [5.74, 6) is 1.12. The van der Waals surface area contributed by atoms with E-state index in [2.05, 4.69) is 24.0 Å². The van der Waals surface area contributed by atoms with Crippen molar-refractivity contribution < 1.29 is 5.11 Å².